The van der Waals surface area contributed by atoms with Gasteiger partial charge in [0.05, 0.1) is 17.7 Å². The number of nitro benzene ring substituents is 1. The third-order valence-corrected chi connectivity index (χ3v) is 4.66. The van der Waals surface area contributed by atoms with Crippen LogP contribution in [0.25, 0.3) is 5.57 Å². The molecule has 7 nitrogen and oxygen atoms in total. The Hall–Kier alpha value is -3.35. The molecule has 138 valence electrons. The fourth-order valence-electron chi connectivity index (χ4n) is 3.52. The summed E-state index contributed by atoms with van der Waals surface area (Å²) in [7, 11) is 1.33. The summed E-state index contributed by atoms with van der Waals surface area (Å²) in [4.78, 5) is 32.4. The number of carbonyl (C=O) groups is 1. The molecule has 0 spiro atoms. The van der Waals surface area contributed by atoms with E-state index in [0.717, 1.165) is 11.3 Å². The number of hydrogen-bond acceptors (Lipinski definition) is 6. The first-order valence-corrected chi connectivity index (χ1v) is 8.43. The van der Waals surface area contributed by atoms with Gasteiger partial charge < -0.3 is 4.74 Å². The number of methoxy groups -OCH3 is 1. The Kier molecular flexibility index (Phi) is 5.12. The third kappa shape index (κ3) is 3.48. The van der Waals surface area contributed by atoms with Crippen LogP contribution in [0.15, 0.2) is 59.4 Å². The molecule has 27 heavy (non-hydrogen) atoms. The van der Waals surface area contributed by atoms with Crippen LogP contribution in [0.1, 0.15) is 31.0 Å². The molecule has 0 radical (unpaired) electrons. The molecule has 0 amide bonds. The topological polar surface area (TPSA) is 94.7 Å². The Labute approximate surface area is 156 Å². The smallest absolute Gasteiger partial charge is 0.315 e. The van der Waals surface area contributed by atoms with Crippen molar-refractivity contribution < 1.29 is 14.5 Å². The lowest BCUT2D eigenvalue weighted by molar-refractivity contribution is -0.384. The number of rotatable bonds is 4. The minimum atomic E-state index is -0.683. The van der Waals surface area contributed by atoms with E-state index >= 15 is 0 Å². The van der Waals surface area contributed by atoms with Gasteiger partial charge in [-0.1, -0.05) is 18.2 Å². The van der Waals surface area contributed by atoms with E-state index in [2.05, 4.69) is 9.98 Å². The van der Waals surface area contributed by atoms with Crippen molar-refractivity contribution in [1.82, 2.24) is 4.98 Å². The fourth-order valence-corrected chi connectivity index (χ4v) is 3.52. The van der Waals surface area contributed by atoms with Crippen LogP contribution in [0.4, 0.5) is 5.69 Å². The maximum Gasteiger partial charge on any atom is 0.315 e. The number of aliphatic imine (C=N–C) groups is 1. The molecular formula is C20H19N3O4. The van der Waals surface area contributed by atoms with Gasteiger partial charge in [-0.25, -0.2) is 0 Å². The summed E-state index contributed by atoms with van der Waals surface area (Å²) in [5, 5.41) is 11.3. The van der Waals surface area contributed by atoms with E-state index in [1.165, 1.54) is 19.2 Å². The number of ether oxygens (including phenoxy) is 1. The number of pyridine rings is 1. The zero-order valence-electron chi connectivity index (χ0n) is 15.2. The lowest BCUT2D eigenvalue weighted by atomic mass is 9.74. The largest absolute Gasteiger partial charge is 0.468 e. The molecule has 2 aromatic rings. The highest BCUT2D eigenvalue weighted by Gasteiger charge is 2.40. The Morgan fingerprint density at radius 2 is 1.96 bits per heavy atom. The van der Waals surface area contributed by atoms with Crippen molar-refractivity contribution in [3.05, 3.63) is 75.7 Å². The van der Waals surface area contributed by atoms with Crippen molar-refractivity contribution in [3.8, 4) is 0 Å². The maximum absolute atomic E-state index is 12.6. The van der Waals surface area contributed by atoms with Crippen LogP contribution in [-0.2, 0) is 9.53 Å². The van der Waals surface area contributed by atoms with Crippen molar-refractivity contribution in [3.63, 3.8) is 0 Å². The molecule has 0 saturated heterocycles. The molecule has 1 aliphatic rings. The Bertz CT molecular complexity index is 951. The van der Waals surface area contributed by atoms with Crippen molar-refractivity contribution in [2.24, 2.45) is 10.9 Å². The van der Waals surface area contributed by atoms with E-state index in [0.29, 0.717) is 17.0 Å². The molecule has 2 heterocycles. The monoisotopic (exact) mass is 365 g/mol. The van der Waals surface area contributed by atoms with E-state index in [1.54, 1.807) is 31.3 Å². The highest BCUT2D eigenvalue weighted by Crippen LogP contribution is 2.44. The second kappa shape index (κ2) is 7.49. The first-order valence-electron chi connectivity index (χ1n) is 8.43. The van der Waals surface area contributed by atoms with Gasteiger partial charge in [0.2, 0.25) is 0 Å². The molecule has 1 aromatic carbocycles. The molecule has 7 heteroatoms. The van der Waals surface area contributed by atoms with E-state index in [1.807, 2.05) is 19.1 Å². The maximum atomic E-state index is 12.6. The van der Waals surface area contributed by atoms with Crippen LogP contribution in [0.3, 0.4) is 0 Å². The number of non-ortho nitro benzene ring substituents is 1. The van der Waals surface area contributed by atoms with Gasteiger partial charge >= 0.3 is 5.97 Å². The Morgan fingerprint density at radius 3 is 2.59 bits per heavy atom. The summed E-state index contributed by atoms with van der Waals surface area (Å²) in [6, 6.07) is 11.8. The summed E-state index contributed by atoms with van der Waals surface area (Å²) in [5.41, 5.74) is 3.38. The minimum absolute atomic E-state index is 0.0331. The highest BCUT2D eigenvalue weighted by atomic mass is 16.6. The van der Waals surface area contributed by atoms with Gasteiger partial charge in [-0.15, -0.1) is 0 Å². The molecular weight excluding hydrogens is 346 g/mol. The SMILES string of the molecule is COC(=O)C1C(C)=NC(C)=C(c2ccccn2)C1c1cccc([N+](=O)[O-])c1. The van der Waals surface area contributed by atoms with Crippen LogP contribution >= 0.6 is 0 Å². The van der Waals surface area contributed by atoms with Gasteiger partial charge in [0.1, 0.15) is 5.92 Å². The van der Waals surface area contributed by atoms with E-state index in [-0.39, 0.29) is 5.69 Å². The summed E-state index contributed by atoms with van der Waals surface area (Å²) in [5.74, 6) is -1.60. The van der Waals surface area contributed by atoms with E-state index in [4.69, 9.17) is 4.74 Å². The van der Waals surface area contributed by atoms with Crippen molar-refractivity contribution in [2.45, 2.75) is 19.8 Å². The van der Waals surface area contributed by atoms with Gasteiger partial charge in [0.15, 0.2) is 0 Å². The molecule has 2 atom stereocenters. The van der Waals surface area contributed by atoms with Gasteiger partial charge in [-0.05, 0) is 31.5 Å². The number of aromatic nitrogens is 1. The van der Waals surface area contributed by atoms with Gasteiger partial charge in [-0.3, -0.25) is 24.9 Å². The molecule has 0 N–H and O–H groups in total. The average Bonchev–Trinajstić information content (AvgIpc) is 2.67. The zero-order valence-corrected chi connectivity index (χ0v) is 15.2. The number of nitro groups is 1. The van der Waals surface area contributed by atoms with Crippen molar-refractivity contribution in [2.75, 3.05) is 7.11 Å². The zero-order chi connectivity index (χ0) is 19.6. The normalized spacial score (nSPS) is 19.4. The summed E-state index contributed by atoms with van der Waals surface area (Å²) < 4.78 is 5.01. The molecule has 2 unspecified atom stereocenters. The number of nitrogens with zero attached hydrogens (tertiary/aromatic N) is 3. The molecule has 0 saturated carbocycles. The van der Waals surface area contributed by atoms with Crippen LogP contribution in [0.2, 0.25) is 0 Å². The number of carbonyl (C=O) groups excluding carboxylic acids is 1. The highest BCUT2D eigenvalue weighted by molar-refractivity contribution is 6.06. The van der Waals surface area contributed by atoms with Gasteiger partial charge in [0, 0.05) is 41.2 Å². The van der Waals surface area contributed by atoms with Crippen molar-refractivity contribution >= 4 is 22.9 Å². The second-order valence-electron chi connectivity index (χ2n) is 6.30. The van der Waals surface area contributed by atoms with Crippen molar-refractivity contribution in [1.29, 1.82) is 0 Å². The first kappa shape index (κ1) is 18.4. The van der Waals surface area contributed by atoms with E-state index < -0.39 is 22.7 Å². The first-order chi connectivity index (χ1) is 12.9. The molecule has 0 bridgehead atoms. The third-order valence-electron chi connectivity index (χ3n) is 4.66. The summed E-state index contributed by atoms with van der Waals surface area (Å²) in [6.45, 7) is 3.62. The summed E-state index contributed by atoms with van der Waals surface area (Å²) in [6.07, 6.45) is 1.67. The number of benzene rings is 1. The van der Waals surface area contributed by atoms with E-state index in [9.17, 15) is 14.9 Å². The molecule has 3 rings (SSSR count). The predicted octanol–water partition coefficient (Wildman–Crippen LogP) is 3.77. The lowest BCUT2D eigenvalue weighted by Gasteiger charge is -2.32. The Balaban J connectivity index is 2.25. The quantitative estimate of drug-likeness (QED) is 0.467. The van der Waals surface area contributed by atoms with Gasteiger partial charge in [-0.2, -0.15) is 0 Å². The van der Waals surface area contributed by atoms with Crippen LogP contribution in [-0.4, -0.2) is 28.7 Å². The molecule has 0 aliphatic carbocycles. The molecule has 1 aromatic heterocycles. The Morgan fingerprint density at radius 1 is 1.19 bits per heavy atom. The number of hydrogen-bond donors (Lipinski definition) is 0. The number of esters is 1. The number of allylic oxidation sites excluding steroid dienone is 2. The average molecular weight is 365 g/mol. The molecule has 0 fully saturated rings. The van der Waals surface area contributed by atoms with Crippen LogP contribution in [0, 0.1) is 16.0 Å². The van der Waals surface area contributed by atoms with Gasteiger partial charge in [0.25, 0.3) is 5.69 Å². The predicted molar refractivity (Wildman–Crippen MR) is 101 cm³/mol. The fraction of sp³-hybridized carbons (Fsp3) is 0.250. The molecule has 1 aliphatic heterocycles. The minimum Gasteiger partial charge on any atom is -0.468 e. The summed E-state index contributed by atoms with van der Waals surface area (Å²) >= 11 is 0. The van der Waals surface area contributed by atoms with Crippen LogP contribution < -0.4 is 0 Å². The lowest BCUT2D eigenvalue weighted by Crippen LogP contribution is -2.33. The van der Waals surface area contributed by atoms with Crippen LogP contribution in [0.5, 0.6) is 0 Å². The second-order valence-corrected chi connectivity index (χ2v) is 6.30. The standard InChI is InChI=1S/C20H19N3O4/c1-12-17(16-9-4-5-10-21-16)19(18(13(2)22-12)20(24)27-3)14-7-6-8-15(11-14)23(25)26/h4-11,18-19H,1-3H3.